The van der Waals surface area contributed by atoms with Gasteiger partial charge < -0.3 is 19.5 Å². The molecule has 28 heavy (non-hydrogen) atoms. The molecular weight excluding hydrogens is 372 g/mol. The zero-order chi connectivity index (χ0) is 19.9. The predicted molar refractivity (Wildman–Crippen MR) is 95.5 cm³/mol. The van der Waals surface area contributed by atoms with Crippen molar-refractivity contribution in [2.45, 2.75) is 13.0 Å². The fourth-order valence-corrected chi connectivity index (χ4v) is 4.20. The van der Waals surface area contributed by atoms with E-state index in [0.29, 0.717) is 23.8 Å². The van der Waals surface area contributed by atoms with Crippen LogP contribution >= 0.6 is 0 Å². The zero-order valence-corrected chi connectivity index (χ0v) is 14.9. The molecule has 6 nitrogen and oxygen atoms in total. The van der Waals surface area contributed by atoms with Gasteiger partial charge in [-0.2, -0.15) is 8.78 Å². The molecular formula is C20H19F2NO5. The number of likely N-dealkylation sites (tertiary alicyclic amines) is 1. The van der Waals surface area contributed by atoms with Crippen molar-refractivity contribution in [2.24, 2.45) is 11.3 Å². The van der Waals surface area contributed by atoms with Crippen molar-refractivity contribution >= 4 is 22.6 Å². The van der Waals surface area contributed by atoms with Crippen LogP contribution in [-0.4, -0.2) is 54.8 Å². The molecule has 2 atom stereocenters. The third-order valence-electron chi connectivity index (χ3n) is 5.71. The van der Waals surface area contributed by atoms with E-state index < -0.39 is 23.9 Å². The number of aliphatic carboxylic acids is 1. The normalized spacial score (nSPS) is 24.4. The van der Waals surface area contributed by atoms with Crippen LogP contribution in [0.3, 0.4) is 0 Å². The van der Waals surface area contributed by atoms with Crippen molar-refractivity contribution in [1.82, 2.24) is 4.90 Å². The summed E-state index contributed by atoms with van der Waals surface area (Å²) >= 11 is 0. The van der Waals surface area contributed by atoms with E-state index in [4.69, 9.17) is 4.74 Å². The van der Waals surface area contributed by atoms with Gasteiger partial charge in [0.1, 0.15) is 5.75 Å². The number of carboxylic acid groups (broad SMARTS) is 1. The van der Waals surface area contributed by atoms with Crippen molar-refractivity contribution in [3.8, 4) is 5.75 Å². The number of hydrogen-bond donors (Lipinski definition) is 1. The Morgan fingerprint density at radius 3 is 2.61 bits per heavy atom. The summed E-state index contributed by atoms with van der Waals surface area (Å²) in [6.07, 6.45) is 0.314. The molecule has 4 rings (SSSR count). The molecule has 0 aliphatic carbocycles. The highest BCUT2D eigenvalue weighted by Crippen LogP contribution is 2.43. The highest BCUT2D eigenvalue weighted by Gasteiger charge is 2.55. The predicted octanol–water partition coefficient (Wildman–Crippen LogP) is 3.00. The molecule has 2 saturated heterocycles. The highest BCUT2D eigenvalue weighted by molar-refractivity contribution is 6.02. The molecule has 0 saturated carbocycles. The fraction of sp³-hybridized carbons (Fsp3) is 0.400. The smallest absolute Gasteiger partial charge is 0.387 e. The Labute approximate surface area is 159 Å². The lowest BCUT2D eigenvalue weighted by molar-refractivity contribution is -0.157. The van der Waals surface area contributed by atoms with Gasteiger partial charge in [-0.25, -0.2) is 0 Å². The average molecular weight is 391 g/mol. The molecule has 0 aromatic heterocycles. The number of carbonyl (C=O) groups is 2. The molecule has 2 aliphatic heterocycles. The second kappa shape index (κ2) is 7.01. The summed E-state index contributed by atoms with van der Waals surface area (Å²) in [6.45, 7) is -2.27. The first-order valence-corrected chi connectivity index (χ1v) is 8.99. The fourth-order valence-electron chi connectivity index (χ4n) is 4.20. The summed E-state index contributed by atoms with van der Waals surface area (Å²) in [5.74, 6) is -2.02. The number of hydrogen-bond acceptors (Lipinski definition) is 4. The van der Waals surface area contributed by atoms with Gasteiger partial charge in [0.05, 0.1) is 17.6 Å². The van der Waals surface area contributed by atoms with E-state index >= 15 is 0 Å². The van der Waals surface area contributed by atoms with Gasteiger partial charge in [0.2, 0.25) is 0 Å². The van der Waals surface area contributed by atoms with E-state index in [2.05, 4.69) is 4.74 Å². The van der Waals surface area contributed by atoms with Crippen LogP contribution in [0.5, 0.6) is 5.75 Å². The number of ether oxygens (including phenoxy) is 2. The first kappa shape index (κ1) is 18.6. The zero-order valence-electron chi connectivity index (χ0n) is 14.9. The first-order valence-electron chi connectivity index (χ1n) is 8.99. The Bertz CT molecular complexity index is 934. The lowest BCUT2D eigenvalue weighted by Gasteiger charge is -2.33. The maximum atomic E-state index is 13.2. The Kier molecular flexibility index (Phi) is 4.66. The summed E-state index contributed by atoms with van der Waals surface area (Å²) in [5, 5.41) is 11.1. The molecule has 2 heterocycles. The highest BCUT2D eigenvalue weighted by atomic mass is 19.3. The van der Waals surface area contributed by atoms with Crippen molar-refractivity contribution in [3.05, 3.63) is 42.0 Å². The van der Waals surface area contributed by atoms with E-state index in [1.165, 1.54) is 17.0 Å². The van der Waals surface area contributed by atoms with Gasteiger partial charge in [-0.1, -0.05) is 24.3 Å². The van der Waals surface area contributed by atoms with Crippen LogP contribution < -0.4 is 4.74 Å². The number of carboxylic acids is 1. The minimum Gasteiger partial charge on any atom is -0.481 e. The van der Waals surface area contributed by atoms with Crippen LogP contribution in [0.1, 0.15) is 16.8 Å². The van der Waals surface area contributed by atoms with Crippen LogP contribution in [0.15, 0.2) is 36.4 Å². The second-order valence-corrected chi connectivity index (χ2v) is 7.24. The van der Waals surface area contributed by atoms with Crippen molar-refractivity contribution in [2.75, 3.05) is 26.3 Å². The van der Waals surface area contributed by atoms with Crippen LogP contribution in [0, 0.1) is 11.3 Å². The first-order chi connectivity index (χ1) is 13.4. The van der Waals surface area contributed by atoms with E-state index in [0.717, 1.165) is 0 Å². The van der Waals surface area contributed by atoms with E-state index in [9.17, 15) is 23.5 Å². The summed E-state index contributed by atoms with van der Waals surface area (Å²) in [7, 11) is 0. The minimum absolute atomic E-state index is 0.000830. The molecule has 8 heteroatoms. The SMILES string of the molecule is O=C(c1cc2ccccc2cc1OC(F)F)N1C[C@H]2COCC[C@@]2(C(=O)O)C1. The Morgan fingerprint density at radius 2 is 1.96 bits per heavy atom. The third kappa shape index (κ3) is 3.07. The summed E-state index contributed by atoms with van der Waals surface area (Å²) in [5.41, 5.74) is -1.06. The number of nitrogens with zero attached hydrogens (tertiary/aromatic N) is 1. The van der Waals surface area contributed by atoms with Crippen LogP contribution in [-0.2, 0) is 9.53 Å². The van der Waals surface area contributed by atoms with Crippen LogP contribution in [0.2, 0.25) is 0 Å². The molecule has 2 aromatic carbocycles. The van der Waals surface area contributed by atoms with Gasteiger partial charge in [-0.15, -0.1) is 0 Å². The van der Waals surface area contributed by atoms with E-state index in [1.54, 1.807) is 24.3 Å². The minimum atomic E-state index is -3.08. The van der Waals surface area contributed by atoms with Crippen molar-refractivity contribution < 1.29 is 33.0 Å². The van der Waals surface area contributed by atoms with Crippen LogP contribution in [0.4, 0.5) is 8.78 Å². The molecule has 0 unspecified atom stereocenters. The van der Waals surface area contributed by atoms with Crippen molar-refractivity contribution in [3.63, 3.8) is 0 Å². The van der Waals surface area contributed by atoms with Crippen molar-refractivity contribution in [1.29, 1.82) is 0 Å². The van der Waals surface area contributed by atoms with Gasteiger partial charge in [0.15, 0.2) is 0 Å². The molecule has 0 bridgehead atoms. The lowest BCUT2D eigenvalue weighted by Crippen LogP contribution is -2.45. The van der Waals surface area contributed by atoms with Crippen LogP contribution in [0.25, 0.3) is 10.8 Å². The van der Waals surface area contributed by atoms with Gasteiger partial charge in [0.25, 0.3) is 5.91 Å². The Hall–Kier alpha value is -2.74. The Morgan fingerprint density at radius 1 is 1.25 bits per heavy atom. The third-order valence-corrected chi connectivity index (χ3v) is 5.71. The number of rotatable bonds is 4. The van der Waals surface area contributed by atoms with Gasteiger partial charge in [-0.3, -0.25) is 9.59 Å². The average Bonchev–Trinajstić information content (AvgIpc) is 3.07. The number of carbonyl (C=O) groups excluding carboxylic acids is 1. The molecule has 1 amide bonds. The molecule has 2 fully saturated rings. The largest absolute Gasteiger partial charge is 0.481 e. The topological polar surface area (TPSA) is 76.1 Å². The summed E-state index contributed by atoms with van der Waals surface area (Å²) in [4.78, 5) is 26.5. The molecule has 2 aliphatic rings. The Balaban J connectivity index is 1.71. The summed E-state index contributed by atoms with van der Waals surface area (Å²) in [6, 6.07) is 9.98. The number of amides is 1. The van der Waals surface area contributed by atoms with E-state index in [1.807, 2.05) is 0 Å². The van der Waals surface area contributed by atoms with Gasteiger partial charge >= 0.3 is 12.6 Å². The molecule has 0 spiro atoms. The monoisotopic (exact) mass is 391 g/mol. The molecule has 1 N–H and O–H groups in total. The number of alkyl halides is 2. The lowest BCUT2D eigenvalue weighted by atomic mass is 9.74. The maximum absolute atomic E-state index is 13.2. The van der Waals surface area contributed by atoms with E-state index in [-0.39, 0.29) is 36.9 Å². The summed E-state index contributed by atoms with van der Waals surface area (Å²) < 4.78 is 35.8. The second-order valence-electron chi connectivity index (χ2n) is 7.24. The van der Waals surface area contributed by atoms with Gasteiger partial charge in [0, 0.05) is 25.6 Å². The molecule has 0 radical (unpaired) electrons. The standard InChI is InChI=1S/C20H19F2NO5/c21-19(22)28-16-8-13-4-2-1-3-12(13)7-15(16)17(24)23-9-14-10-27-6-5-20(14,11-23)18(25)26/h1-4,7-8,14,19H,5-6,9-11H2,(H,25,26)/t14-,20+/m0/s1. The maximum Gasteiger partial charge on any atom is 0.387 e. The van der Waals surface area contributed by atoms with Gasteiger partial charge in [-0.05, 0) is 29.3 Å². The molecule has 2 aromatic rings. The molecule has 148 valence electrons. The number of benzene rings is 2. The quantitative estimate of drug-likeness (QED) is 0.867. The number of fused-ring (bicyclic) bond motifs is 2. The number of halogens is 2.